The first-order valence-electron chi connectivity index (χ1n) is 12.5. The molecule has 2 aliphatic rings. The largest absolute Gasteiger partial charge is 0.382 e. The van der Waals surface area contributed by atoms with Crippen LogP contribution in [-0.4, -0.2) is 107 Å². The number of carbonyl (C=O) groups excluding carboxylic acids is 4. The van der Waals surface area contributed by atoms with Gasteiger partial charge in [0, 0.05) is 25.3 Å². The summed E-state index contributed by atoms with van der Waals surface area (Å²) in [7, 11) is 0. The Morgan fingerprint density at radius 2 is 1.43 bits per heavy atom. The Morgan fingerprint density at radius 1 is 0.838 bits per heavy atom. The van der Waals surface area contributed by atoms with E-state index in [1.54, 1.807) is 18.2 Å². The van der Waals surface area contributed by atoms with E-state index in [0.717, 1.165) is 4.90 Å². The van der Waals surface area contributed by atoms with Gasteiger partial charge in [-0.3, -0.25) is 29.4 Å². The number of amides is 4. The SMILES string of the molecule is CCOCCOCCOCCOCCOCCNc1cccc2c1C(=O)N(C1CCC(=O)NC1=O)C2=O. The fourth-order valence-corrected chi connectivity index (χ4v) is 3.94. The average molecular weight is 522 g/mol. The fourth-order valence-electron chi connectivity index (χ4n) is 3.94. The van der Waals surface area contributed by atoms with E-state index in [-0.39, 0.29) is 24.0 Å². The van der Waals surface area contributed by atoms with Crippen LogP contribution < -0.4 is 10.6 Å². The van der Waals surface area contributed by atoms with E-state index in [9.17, 15) is 19.2 Å². The number of carbonyl (C=O) groups is 4. The standard InChI is InChI=1S/C25H35N3O9/c1-2-33-10-11-35-14-15-37-17-16-36-13-12-34-9-8-26-19-5-3-4-18-22(19)25(32)28(24(18)31)20-6-7-21(29)27-23(20)30/h3-5,20,26H,2,6-17H2,1H3,(H,27,29,30). The third kappa shape index (κ3) is 8.30. The van der Waals surface area contributed by atoms with E-state index in [0.29, 0.717) is 78.3 Å². The minimum absolute atomic E-state index is 0.0767. The molecule has 1 atom stereocenters. The first-order chi connectivity index (χ1) is 18.0. The van der Waals surface area contributed by atoms with Crippen molar-refractivity contribution in [3.8, 4) is 0 Å². The lowest BCUT2D eigenvalue weighted by Gasteiger charge is -2.27. The van der Waals surface area contributed by atoms with Crippen LogP contribution in [0.15, 0.2) is 18.2 Å². The molecular weight excluding hydrogens is 486 g/mol. The molecular formula is C25H35N3O9. The van der Waals surface area contributed by atoms with Gasteiger partial charge in [-0.25, -0.2) is 0 Å². The first-order valence-corrected chi connectivity index (χ1v) is 12.5. The topological polar surface area (TPSA) is 142 Å². The molecule has 1 unspecified atom stereocenters. The molecule has 1 aromatic rings. The Labute approximate surface area is 215 Å². The molecule has 3 rings (SSSR count). The van der Waals surface area contributed by atoms with E-state index < -0.39 is 29.7 Å². The van der Waals surface area contributed by atoms with E-state index >= 15 is 0 Å². The molecule has 4 amide bonds. The van der Waals surface area contributed by atoms with Crippen LogP contribution in [0.2, 0.25) is 0 Å². The van der Waals surface area contributed by atoms with Crippen LogP contribution in [0.3, 0.4) is 0 Å². The van der Waals surface area contributed by atoms with Gasteiger partial charge in [0.25, 0.3) is 11.8 Å². The second-order valence-corrected chi connectivity index (χ2v) is 8.25. The zero-order valence-corrected chi connectivity index (χ0v) is 21.1. The van der Waals surface area contributed by atoms with Gasteiger partial charge in [0.1, 0.15) is 6.04 Å². The number of nitrogens with zero attached hydrogens (tertiary/aromatic N) is 1. The molecule has 2 heterocycles. The number of fused-ring (bicyclic) bond motifs is 1. The number of nitrogens with one attached hydrogen (secondary N) is 2. The van der Waals surface area contributed by atoms with Crippen LogP contribution in [0, 0.1) is 0 Å². The summed E-state index contributed by atoms with van der Waals surface area (Å²) in [5.41, 5.74) is 0.943. The highest BCUT2D eigenvalue weighted by molar-refractivity contribution is 6.25. The zero-order chi connectivity index (χ0) is 26.5. The lowest BCUT2D eigenvalue weighted by Crippen LogP contribution is -2.54. The Balaban J connectivity index is 1.29. The summed E-state index contributed by atoms with van der Waals surface area (Å²) in [5.74, 6) is -2.13. The van der Waals surface area contributed by atoms with E-state index in [1.165, 1.54) is 0 Å². The molecule has 0 saturated carbocycles. The molecule has 204 valence electrons. The molecule has 0 aromatic heterocycles. The number of benzene rings is 1. The maximum Gasteiger partial charge on any atom is 0.264 e. The van der Waals surface area contributed by atoms with Crippen molar-refractivity contribution in [3.05, 3.63) is 29.3 Å². The van der Waals surface area contributed by atoms with Crippen LogP contribution in [0.25, 0.3) is 0 Å². The first kappa shape index (κ1) is 28.7. The number of ether oxygens (including phenoxy) is 5. The van der Waals surface area contributed by atoms with Crippen molar-refractivity contribution in [2.75, 3.05) is 77.9 Å². The number of rotatable bonds is 18. The second-order valence-electron chi connectivity index (χ2n) is 8.25. The molecule has 0 bridgehead atoms. The number of hydrogen-bond donors (Lipinski definition) is 2. The number of piperidine rings is 1. The maximum atomic E-state index is 13.1. The quantitative estimate of drug-likeness (QED) is 0.208. The molecule has 2 N–H and O–H groups in total. The molecule has 12 heteroatoms. The lowest BCUT2D eigenvalue weighted by atomic mass is 10.0. The maximum absolute atomic E-state index is 13.1. The van der Waals surface area contributed by atoms with E-state index in [1.807, 2.05) is 6.92 Å². The highest BCUT2D eigenvalue weighted by Gasteiger charge is 2.45. The van der Waals surface area contributed by atoms with Gasteiger partial charge in [-0.2, -0.15) is 0 Å². The highest BCUT2D eigenvalue weighted by atomic mass is 16.6. The van der Waals surface area contributed by atoms with Crippen molar-refractivity contribution in [1.29, 1.82) is 0 Å². The third-order valence-corrected chi connectivity index (χ3v) is 5.72. The number of hydrogen-bond acceptors (Lipinski definition) is 10. The minimum atomic E-state index is -0.995. The predicted octanol–water partition coefficient (Wildman–Crippen LogP) is 0.603. The Morgan fingerprint density at radius 3 is 2.03 bits per heavy atom. The number of anilines is 1. The molecule has 0 spiro atoms. The Bertz CT molecular complexity index is 940. The van der Waals surface area contributed by atoms with Crippen LogP contribution in [0.4, 0.5) is 5.69 Å². The minimum Gasteiger partial charge on any atom is -0.382 e. The summed E-state index contributed by atoms with van der Waals surface area (Å²) in [4.78, 5) is 50.5. The second kappa shape index (κ2) is 15.4. The van der Waals surface area contributed by atoms with Gasteiger partial charge in [0.2, 0.25) is 11.8 Å². The van der Waals surface area contributed by atoms with Gasteiger partial charge >= 0.3 is 0 Å². The van der Waals surface area contributed by atoms with E-state index in [2.05, 4.69) is 10.6 Å². The molecule has 1 saturated heterocycles. The van der Waals surface area contributed by atoms with Gasteiger partial charge < -0.3 is 29.0 Å². The van der Waals surface area contributed by atoms with Crippen LogP contribution in [0.5, 0.6) is 0 Å². The predicted molar refractivity (Wildman–Crippen MR) is 131 cm³/mol. The third-order valence-electron chi connectivity index (χ3n) is 5.72. The van der Waals surface area contributed by atoms with E-state index in [4.69, 9.17) is 23.7 Å². The summed E-state index contributed by atoms with van der Waals surface area (Å²) >= 11 is 0. The zero-order valence-electron chi connectivity index (χ0n) is 21.1. The van der Waals surface area contributed by atoms with Gasteiger partial charge in [-0.15, -0.1) is 0 Å². The number of imide groups is 2. The summed E-state index contributed by atoms with van der Waals surface area (Å²) in [5, 5.41) is 5.32. The summed E-state index contributed by atoms with van der Waals surface area (Å²) in [6.07, 6.45) is 0.192. The van der Waals surface area contributed by atoms with Gasteiger partial charge in [-0.1, -0.05) is 6.07 Å². The van der Waals surface area contributed by atoms with Crippen LogP contribution >= 0.6 is 0 Å². The molecule has 0 aliphatic carbocycles. The Kier molecular flexibility index (Phi) is 11.9. The average Bonchev–Trinajstić information content (AvgIpc) is 3.14. The molecule has 1 aromatic carbocycles. The fraction of sp³-hybridized carbons (Fsp3) is 0.600. The smallest absolute Gasteiger partial charge is 0.264 e. The van der Waals surface area contributed by atoms with Crippen LogP contribution in [-0.2, 0) is 33.3 Å². The summed E-state index contributed by atoms with van der Waals surface area (Å²) in [6, 6.07) is 3.93. The van der Waals surface area contributed by atoms with Crippen molar-refractivity contribution in [1.82, 2.24) is 10.2 Å². The van der Waals surface area contributed by atoms with Crippen molar-refractivity contribution in [2.45, 2.75) is 25.8 Å². The highest BCUT2D eigenvalue weighted by Crippen LogP contribution is 2.32. The molecule has 0 radical (unpaired) electrons. The summed E-state index contributed by atoms with van der Waals surface area (Å²) in [6.45, 7) is 7.30. The molecule has 37 heavy (non-hydrogen) atoms. The Hall–Kier alpha value is -2.90. The molecule has 1 fully saturated rings. The monoisotopic (exact) mass is 521 g/mol. The summed E-state index contributed by atoms with van der Waals surface area (Å²) < 4.78 is 26.9. The van der Waals surface area contributed by atoms with Crippen molar-refractivity contribution in [3.63, 3.8) is 0 Å². The molecule has 12 nitrogen and oxygen atoms in total. The lowest BCUT2D eigenvalue weighted by molar-refractivity contribution is -0.136. The van der Waals surface area contributed by atoms with Gasteiger partial charge in [0.15, 0.2) is 0 Å². The van der Waals surface area contributed by atoms with Crippen molar-refractivity contribution < 1.29 is 42.9 Å². The molecule has 2 aliphatic heterocycles. The van der Waals surface area contributed by atoms with Gasteiger partial charge in [-0.05, 0) is 25.5 Å². The normalized spacial score (nSPS) is 17.3. The van der Waals surface area contributed by atoms with Crippen molar-refractivity contribution >= 4 is 29.3 Å². The van der Waals surface area contributed by atoms with Crippen molar-refractivity contribution in [2.24, 2.45) is 0 Å². The van der Waals surface area contributed by atoms with Gasteiger partial charge in [0.05, 0.1) is 70.6 Å². The van der Waals surface area contributed by atoms with Crippen LogP contribution in [0.1, 0.15) is 40.5 Å².